The molecule has 1 saturated heterocycles. The molecule has 1 aliphatic rings. The Morgan fingerprint density at radius 1 is 1.10 bits per heavy atom. The number of carbonyl (C=O) groups is 1. The van der Waals surface area contributed by atoms with E-state index < -0.39 is 6.09 Å². The molecule has 3 rings (SSSR count). The van der Waals surface area contributed by atoms with Crippen LogP contribution in [0.4, 0.5) is 10.5 Å². The second kappa shape index (κ2) is 11.7. The van der Waals surface area contributed by atoms with E-state index in [0.717, 1.165) is 51.3 Å². The number of hydrogen-bond acceptors (Lipinski definition) is 4. The van der Waals surface area contributed by atoms with E-state index in [0.29, 0.717) is 24.9 Å². The highest BCUT2D eigenvalue weighted by Gasteiger charge is 2.23. The van der Waals surface area contributed by atoms with Crippen molar-refractivity contribution in [3.05, 3.63) is 60.2 Å². The molecule has 1 N–H and O–H groups in total. The number of anilines is 1. The molecule has 1 unspecified atom stereocenters. The van der Waals surface area contributed by atoms with Gasteiger partial charge in [0.25, 0.3) is 0 Å². The van der Waals surface area contributed by atoms with Gasteiger partial charge in [0.1, 0.15) is 5.75 Å². The summed E-state index contributed by atoms with van der Waals surface area (Å²) in [7, 11) is 0. The molecule has 0 aromatic heterocycles. The van der Waals surface area contributed by atoms with Gasteiger partial charge in [0.2, 0.25) is 0 Å². The van der Waals surface area contributed by atoms with Crippen molar-refractivity contribution in [3.63, 3.8) is 0 Å². The molecule has 168 valence electrons. The maximum Gasteiger partial charge on any atom is 0.411 e. The minimum absolute atomic E-state index is 0.507. The zero-order chi connectivity index (χ0) is 22.1. The van der Waals surface area contributed by atoms with Crippen molar-refractivity contribution >= 4 is 11.8 Å². The molecule has 31 heavy (non-hydrogen) atoms. The van der Waals surface area contributed by atoms with E-state index in [1.807, 2.05) is 31.2 Å². The second-order valence-electron chi connectivity index (χ2n) is 8.17. The minimum atomic E-state index is -0.910. The van der Waals surface area contributed by atoms with E-state index in [9.17, 15) is 9.90 Å². The lowest BCUT2D eigenvalue weighted by Gasteiger charge is -2.40. The van der Waals surface area contributed by atoms with Gasteiger partial charge in [-0.1, -0.05) is 30.3 Å². The zero-order valence-electron chi connectivity index (χ0n) is 18.7. The van der Waals surface area contributed by atoms with E-state index in [2.05, 4.69) is 47.1 Å². The minimum Gasteiger partial charge on any atom is -0.494 e. The number of ether oxygens (including phenoxy) is 1. The highest BCUT2D eigenvalue weighted by Crippen LogP contribution is 2.20. The molecule has 1 atom stereocenters. The molecule has 1 heterocycles. The summed E-state index contributed by atoms with van der Waals surface area (Å²) in [4.78, 5) is 18.2. The normalized spacial score (nSPS) is 17.4. The smallest absolute Gasteiger partial charge is 0.411 e. The van der Waals surface area contributed by atoms with E-state index in [-0.39, 0.29) is 0 Å². The first-order chi connectivity index (χ1) is 15.1. The largest absolute Gasteiger partial charge is 0.494 e. The lowest BCUT2D eigenvalue weighted by Crippen LogP contribution is -2.51. The number of amides is 1. The van der Waals surface area contributed by atoms with Crippen LogP contribution >= 0.6 is 0 Å². The molecule has 0 aliphatic carbocycles. The summed E-state index contributed by atoms with van der Waals surface area (Å²) in [5.74, 6) is 0.761. The Morgan fingerprint density at radius 3 is 2.48 bits per heavy atom. The Hall–Kier alpha value is -2.57. The van der Waals surface area contributed by atoms with E-state index in [1.54, 1.807) is 0 Å². The zero-order valence-corrected chi connectivity index (χ0v) is 18.7. The fourth-order valence-electron chi connectivity index (χ4n) is 4.16. The first-order valence-electron chi connectivity index (χ1n) is 11.3. The molecule has 2 aromatic carbocycles. The number of unbranched alkanes of at least 4 members (excludes halogenated alkanes) is 1. The highest BCUT2D eigenvalue weighted by atomic mass is 16.5. The van der Waals surface area contributed by atoms with Gasteiger partial charge in [-0.05, 0) is 63.1 Å². The molecule has 1 aliphatic heterocycles. The molecule has 0 saturated carbocycles. The van der Waals surface area contributed by atoms with Crippen molar-refractivity contribution < 1.29 is 14.6 Å². The third-order valence-electron chi connectivity index (χ3n) is 5.87. The van der Waals surface area contributed by atoms with Crippen LogP contribution in [-0.4, -0.2) is 66.4 Å². The van der Waals surface area contributed by atoms with Crippen LogP contribution in [0, 0.1) is 0 Å². The maximum absolute atomic E-state index is 11.7. The molecule has 1 fully saturated rings. The lowest BCUT2D eigenvalue weighted by atomic mass is 10.1. The van der Waals surface area contributed by atoms with E-state index >= 15 is 0 Å². The fourth-order valence-corrected chi connectivity index (χ4v) is 4.16. The molecular weight excluding hydrogens is 390 g/mol. The third-order valence-corrected chi connectivity index (χ3v) is 5.87. The number of hydrogen-bond donors (Lipinski definition) is 1. The molecule has 0 bridgehead atoms. The van der Waals surface area contributed by atoms with Crippen LogP contribution in [0.15, 0.2) is 54.6 Å². The molecular formula is C25H35N3O3. The molecule has 1 amide bonds. The van der Waals surface area contributed by atoms with Crippen molar-refractivity contribution in [2.45, 2.75) is 39.3 Å². The quantitative estimate of drug-likeness (QED) is 0.566. The molecule has 2 aromatic rings. The van der Waals surface area contributed by atoms with Gasteiger partial charge < -0.3 is 14.7 Å². The number of benzene rings is 2. The maximum atomic E-state index is 11.7. The van der Waals surface area contributed by atoms with Crippen LogP contribution in [0.5, 0.6) is 5.75 Å². The van der Waals surface area contributed by atoms with Crippen LogP contribution in [0.25, 0.3) is 0 Å². The Balaban J connectivity index is 1.40. The Morgan fingerprint density at radius 2 is 1.84 bits per heavy atom. The molecule has 6 heteroatoms. The van der Waals surface area contributed by atoms with Crippen molar-refractivity contribution in [2.24, 2.45) is 0 Å². The van der Waals surface area contributed by atoms with Gasteiger partial charge in [0.15, 0.2) is 0 Å². The second-order valence-corrected chi connectivity index (χ2v) is 8.17. The summed E-state index contributed by atoms with van der Waals surface area (Å²) in [5, 5.41) is 9.61. The summed E-state index contributed by atoms with van der Waals surface area (Å²) in [6.07, 6.45) is 0.928. The number of rotatable bonds is 10. The predicted molar refractivity (Wildman–Crippen MR) is 125 cm³/mol. The Labute approximate surface area is 186 Å². The third kappa shape index (κ3) is 6.97. The average molecular weight is 426 g/mol. The molecule has 6 nitrogen and oxygen atoms in total. The van der Waals surface area contributed by atoms with Crippen LogP contribution in [0.1, 0.15) is 32.3 Å². The first kappa shape index (κ1) is 23.1. The van der Waals surface area contributed by atoms with Crippen molar-refractivity contribution in [2.75, 3.05) is 44.2 Å². The van der Waals surface area contributed by atoms with Crippen LogP contribution in [-0.2, 0) is 6.54 Å². The number of carboxylic acid groups (broad SMARTS) is 1. The van der Waals surface area contributed by atoms with Gasteiger partial charge in [0.05, 0.1) is 6.61 Å². The summed E-state index contributed by atoms with van der Waals surface area (Å²) < 4.78 is 5.44. The number of piperazine rings is 1. The van der Waals surface area contributed by atoms with Crippen LogP contribution in [0.3, 0.4) is 0 Å². The van der Waals surface area contributed by atoms with Crippen molar-refractivity contribution in [3.8, 4) is 5.75 Å². The Bertz CT molecular complexity index is 797. The standard InChI is InChI=1S/C25H35N3O3/c1-3-31-24-13-11-23(12-14-24)28(25(29)30)16-8-7-15-26-17-18-27(21(2)19-26)20-22-9-5-4-6-10-22/h4-6,9-14,21H,3,7-8,15-20H2,1-2H3,(H,29,30). The van der Waals surface area contributed by atoms with Gasteiger partial charge in [-0.3, -0.25) is 9.80 Å². The van der Waals surface area contributed by atoms with E-state index in [4.69, 9.17) is 4.74 Å². The highest BCUT2D eigenvalue weighted by molar-refractivity contribution is 5.86. The monoisotopic (exact) mass is 425 g/mol. The number of nitrogens with zero attached hydrogens (tertiary/aromatic N) is 3. The summed E-state index contributed by atoms with van der Waals surface area (Å²) in [6, 6.07) is 18.4. The predicted octanol–water partition coefficient (Wildman–Crippen LogP) is 4.56. The molecule has 0 spiro atoms. The summed E-state index contributed by atoms with van der Waals surface area (Å²) in [5.41, 5.74) is 2.06. The average Bonchev–Trinajstić information content (AvgIpc) is 2.77. The van der Waals surface area contributed by atoms with Gasteiger partial charge >= 0.3 is 6.09 Å². The SMILES string of the molecule is CCOc1ccc(N(CCCCN2CCN(Cc3ccccc3)C(C)C2)C(=O)O)cc1. The Kier molecular flexibility index (Phi) is 8.74. The van der Waals surface area contributed by atoms with Crippen LogP contribution in [0.2, 0.25) is 0 Å². The van der Waals surface area contributed by atoms with Crippen molar-refractivity contribution in [1.82, 2.24) is 9.80 Å². The van der Waals surface area contributed by atoms with Gasteiger partial charge in [-0.15, -0.1) is 0 Å². The molecule has 0 radical (unpaired) electrons. The summed E-state index contributed by atoms with van der Waals surface area (Å²) >= 11 is 0. The fraction of sp³-hybridized carbons (Fsp3) is 0.480. The first-order valence-corrected chi connectivity index (χ1v) is 11.3. The topological polar surface area (TPSA) is 56.2 Å². The van der Waals surface area contributed by atoms with E-state index in [1.165, 1.54) is 10.5 Å². The van der Waals surface area contributed by atoms with Gasteiger partial charge in [-0.25, -0.2) is 4.79 Å². The van der Waals surface area contributed by atoms with Gasteiger partial charge in [0, 0.05) is 44.5 Å². The van der Waals surface area contributed by atoms with Crippen LogP contribution < -0.4 is 9.64 Å². The van der Waals surface area contributed by atoms with Gasteiger partial charge in [-0.2, -0.15) is 0 Å². The van der Waals surface area contributed by atoms with Crippen molar-refractivity contribution in [1.29, 1.82) is 0 Å². The lowest BCUT2D eigenvalue weighted by molar-refractivity contribution is 0.0768. The summed E-state index contributed by atoms with van der Waals surface area (Å²) in [6.45, 7) is 10.6.